The van der Waals surface area contributed by atoms with E-state index in [2.05, 4.69) is 5.32 Å². The van der Waals surface area contributed by atoms with Gasteiger partial charge in [-0.1, -0.05) is 35.9 Å². The Morgan fingerprint density at radius 3 is 2.07 bits per heavy atom. The van der Waals surface area contributed by atoms with Gasteiger partial charge in [-0.3, -0.25) is 9.69 Å². The van der Waals surface area contributed by atoms with E-state index in [1.807, 2.05) is 75.1 Å². The lowest BCUT2D eigenvalue weighted by molar-refractivity contribution is -0.121. The van der Waals surface area contributed by atoms with Crippen molar-refractivity contribution in [1.82, 2.24) is 9.21 Å². The highest BCUT2D eigenvalue weighted by atomic mass is 32.2. The monoisotopic (exact) mass is 415 g/mol. The Morgan fingerprint density at radius 1 is 0.966 bits per heavy atom. The van der Waals surface area contributed by atoms with Crippen molar-refractivity contribution in [2.45, 2.75) is 38.6 Å². The number of nitrogens with zero attached hydrogens (tertiary/aromatic N) is 2. The summed E-state index contributed by atoms with van der Waals surface area (Å²) >= 11 is 0. The molecule has 1 atom stereocenters. The Morgan fingerprint density at radius 2 is 1.52 bits per heavy atom. The zero-order valence-electron chi connectivity index (χ0n) is 17.5. The van der Waals surface area contributed by atoms with Crippen LogP contribution in [0, 0.1) is 20.8 Å². The van der Waals surface area contributed by atoms with Gasteiger partial charge >= 0.3 is 0 Å². The van der Waals surface area contributed by atoms with Crippen LogP contribution in [0.2, 0.25) is 0 Å². The van der Waals surface area contributed by atoms with Crippen LogP contribution in [0.15, 0.2) is 47.4 Å². The minimum atomic E-state index is -3.55. The quantitative estimate of drug-likeness (QED) is 0.815. The molecule has 0 radical (unpaired) electrons. The lowest BCUT2D eigenvalue weighted by Crippen LogP contribution is -2.54. The smallest absolute Gasteiger partial charge is 0.243 e. The zero-order valence-corrected chi connectivity index (χ0v) is 18.3. The summed E-state index contributed by atoms with van der Waals surface area (Å²) in [5, 5.41) is 2.91. The lowest BCUT2D eigenvalue weighted by atomic mass is 10.1. The van der Waals surface area contributed by atoms with Gasteiger partial charge in [0, 0.05) is 31.9 Å². The fraction of sp³-hybridized carbons (Fsp3) is 0.409. The van der Waals surface area contributed by atoms with Gasteiger partial charge in [0.2, 0.25) is 15.9 Å². The molecule has 29 heavy (non-hydrogen) atoms. The molecule has 1 N–H and O–H groups in total. The highest BCUT2D eigenvalue weighted by molar-refractivity contribution is 7.89. The minimum Gasteiger partial charge on any atom is -0.325 e. The molecule has 0 spiro atoms. The maximum atomic E-state index is 13.2. The molecular formula is C22H29N3O3S. The Bertz CT molecular complexity index is 959. The van der Waals surface area contributed by atoms with Crippen molar-refractivity contribution in [3.8, 4) is 0 Å². The van der Waals surface area contributed by atoms with Gasteiger partial charge in [-0.2, -0.15) is 4.31 Å². The molecular weight excluding hydrogens is 386 g/mol. The number of amides is 1. The van der Waals surface area contributed by atoms with Crippen LogP contribution in [-0.2, 0) is 14.8 Å². The molecule has 3 rings (SSSR count). The van der Waals surface area contributed by atoms with Gasteiger partial charge in [0.25, 0.3) is 0 Å². The fourth-order valence-corrected chi connectivity index (χ4v) is 5.80. The average Bonchev–Trinajstić information content (AvgIpc) is 2.67. The van der Waals surface area contributed by atoms with E-state index in [-0.39, 0.29) is 11.9 Å². The van der Waals surface area contributed by atoms with Crippen molar-refractivity contribution in [2.75, 3.05) is 31.5 Å². The second kappa shape index (κ2) is 8.65. The summed E-state index contributed by atoms with van der Waals surface area (Å²) < 4.78 is 28.0. The first-order valence-corrected chi connectivity index (χ1v) is 11.3. The number of para-hydroxylation sites is 1. The van der Waals surface area contributed by atoms with Gasteiger partial charge in [0.1, 0.15) is 0 Å². The molecule has 0 unspecified atom stereocenters. The summed E-state index contributed by atoms with van der Waals surface area (Å²) in [6.45, 7) is 9.31. The molecule has 0 saturated carbocycles. The maximum absolute atomic E-state index is 13.2. The number of rotatable bonds is 5. The first-order chi connectivity index (χ1) is 13.7. The predicted molar refractivity (Wildman–Crippen MR) is 116 cm³/mol. The standard InChI is InChI=1S/C22H29N3O3S/c1-16-14-17(2)21(18(3)15-16)29(27,28)25-12-10-24(11-13-25)19(4)22(26)23-20-8-6-5-7-9-20/h5-9,14-15,19H,10-13H2,1-4H3,(H,23,26)/t19-/m0/s1. The van der Waals surface area contributed by atoms with Crippen LogP contribution >= 0.6 is 0 Å². The van der Waals surface area contributed by atoms with Gasteiger partial charge in [-0.25, -0.2) is 8.42 Å². The van der Waals surface area contributed by atoms with Gasteiger partial charge in [0.05, 0.1) is 10.9 Å². The Hall–Kier alpha value is -2.22. The first kappa shape index (κ1) is 21.5. The number of carbonyl (C=O) groups is 1. The molecule has 0 bridgehead atoms. The van der Waals surface area contributed by atoms with E-state index < -0.39 is 10.0 Å². The van der Waals surface area contributed by atoms with Crippen molar-refractivity contribution in [2.24, 2.45) is 0 Å². The number of hydrogen-bond donors (Lipinski definition) is 1. The number of nitrogens with one attached hydrogen (secondary N) is 1. The van der Waals surface area contributed by atoms with Crippen LogP contribution in [0.4, 0.5) is 5.69 Å². The molecule has 2 aromatic rings. The van der Waals surface area contributed by atoms with Crippen LogP contribution in [0.5, 0.6) is 0 Å². The van der Waals surface area contributed by atoms with E-state index in [4.69, 9.17) is 0 Å². The number of benzene rings is 2. The van der Waals surface area contributed by atoms with E-state index in [9.17, 15) is 13.2 Å². The third-order valence-electron chi connectivity index (χ3n) is 5.44. The number of piperazine rings is 1. The van der Waals surface area contributed by atoms with Crippen LogP contribution < -0.4 is 5.32 Å². The molecule has 0 aliphatic carbocycles. The third-order valence-corrected chi connectivity index (χ3v) is 7.65. The predicted octanol–water partition coefficient (Wildman–Crippen LogP) is 2.95. The summed E-state index contributed by atoms with van der Waals surface area (Å²) in [6, 6.07) is 12.8. The summed E-state index contributed by atoms with van der Waals surface area (Å²) in [7, 11) is -3.55. The Labute approximate surface area is 173 Å². The molecule has 6 nitrogen and oxygen atoms in total. The molecule has 0 aromatic heterocycles. The van der Waals surface area contributed by atoms with E-state index in [0.717, 1.165) is 22.4 Å². The molecule has 2 aromatic carbocycles. The Kier molecular flexibility index (Phi) is 6.41. The second-order valence-electron chi connectivity index (χ2n) is 7.70. The molecule has 1 heterocycles. The van der Waals surface area contributed by atoms with Gasteiger partial charge < -0.3 is 5.32 Å². The van der Waals surface area contributed by atoms with E-state index >= 15 is 0 Å². The summed E-state index contributed by atoms with van der Waals surface area (Å²) in [4.78, 5) is 15.0. The van der Waals surface area contributed by atoms with Gasteiger partial charge in [-0.15, -0.1) is 0 Å². The number of hydrogen-bond acceptors (Lipinski definition) is 4. The summed E-state index contributed by atoms with van der Waals surface area (Å²) in [5.74, 6) is -0.0854. The maximum Gasteiger partial charge on any atom is 0.243 e. The molecule has 1 fully saturated rings. The van der Waals surface area contributed by atoms with E-state index in [1.165, 1.54) is 4.31 Å². The normalized spacial score (nSPS) is 17.1. The average molecular weight is 416 g/mol. The van der Waals surface area contributed by atoms with Crippen molar-refractivity contribution < 1.29 is 13.2 Å². The van der Waals surface area contributed by atoms with E-state index in [1.54, 1.807) is 0 Å². The second-order valence-corrected chi connectivity index (χ2v) is 9.57. The SMILES string of the molecule is Cc1cc(C)c(S(=O)(=O)N2CCN([C@@H](C)C(=O)Nc3ccccc3)CC2)c(C)c1. The van der Waals surface area contributed by atoms with Crippen molar-refractivity contribution >= 4 is 21.6 Å². The van der Waals surface area contributed by atoms with Gasteiger partial charge in [0.15, 0.2) is 0 Å². The highest BCUT2D eigenvalue weighted by Crippen LogP contribution is 2.26. The Balaban J connectivity index is 1.66. The molecule has 1 amide bonds. The summed E-state index contributed by atoms with van der Waals surface area (Å²) in [6.07, 6.45) is 0. The fourth-order valence-electron chi connectivity index (χ4n) is 3.97. The summed E-state index contributed by atoms with van der Waals surface area (Å²) in [5.41, 5.74) is 3.37. The molecule has 156 valence electrons. The van der Waals surface area contributed by atoms with Crippen LogP contribution in [0.1, 0.15) is 23.6 Å². The number of carbonyl (C=O) groups excluding carboxylic acids is 1. The highest BCUT2D eigenvalue weighted by Gasteiger charge is 2.33. The van der Waals surface area contributed by atoms with Crippen LogP contribution in [0.25, 0.3) is 0 Å². The first-order valence-electron chi connectivity index (χ1n) is 9.88. The van der Waals surface area contributed by atoms with Crippen LogP contribution in [0.3, 0.4) is 0 Å². The van der Waals surface area contributed by atoms with E-state index in [0.29, 0.717) is 31.1 Å². The number of sulfonamides is 1. The van der Waals surface area contributed by atoms with Crippen LogP contribution in [-0.4, -0.2) is 55.8 Å². The molecule has 1 aliphatic heterocycles. The molecule has 7 heteroatoms. The van der Waals surface area contributed by atoms with Crippen molar-refractivity contribution in [1.29, 1.82) is 0 Å². The largest absolute Gasteiger partial charge is 0.325 e. The van der Waals surface area contributed by atoms with Crippen molar-refractivity contribution in [3.63, 3.8) is 0 Å². The van der Waals surface area contributed by atoms with Gasteiger partial charge in [-0.05, 0) is 51.0 Å². The number of anilines is 1. The number of aryl methyl sites for hydroxylation is 3. The molecule has 1 saturated heterocycles. The van der Waals surface area contributed by atoms with Crippen molar-refractivity contribution in [3.05, 3.63) is 59.2 Å². The molecule has 1 aliphatic rings. The zero-order chi connectivity index (χ0) is 21.2. The lowest BCUT2D eigenvalue weighted by Gasteiger charge is -2.37. The third kappa shape index (κ3) is 4.69. The minimum absolute atomic E-state index is 0.0854. The topological polar surface area (TPSA) is 69.7 Å².